The molecular weight excluding hydrogens is 260 g/mol. The lowest BCUT2D eigenvalue weighted by molar-refractivity contribution is 0.159. The van der Waals surface area contributed by atoms with Crippen molar-refractivity contribution in [2.75, 3.05) is 26.2 Å². The number of phenols is 1. The van der Waals surface area contributed by atoms with Crippen LogP contribution in [-0.2, 0) is 0 Å². The lowest BCUT2D eigenvalue weighted by Gasteiger charge is -2.34. The van der Waals surface area contributed by atoms with Gasteiger partial charge in [0.15, 0.2) is 0 Å². The molecule has 1 unspecified atom stereocenters. The molecule has 2 N–H and O–H groups in total. The molecule has 1 aliphatic heterocycles. The standard InChI is InChI=1S/C18H30N2O/c1-4-11-20(13-16-7-9-19-10-8-16)15(3)17-12-14(2)5-6-18(17)21/h5-6,12,15-16,19,21H,4,7-11,13H2,1-3H3. The Kier molecular flexibility index (Phi) is 6.07. The summed E-state index contributed by atoms with van der Waals surface area (Å²) in [7, 11) is 0. The van der Waals surface area contributed by atoms with Gasteiger partial charge in [-0.25, -0.2) is 0 Å². The lowest BCUT2D eigenvalue weighted by atomic mass is 9.95. The van der Waals surface area contributed by atoms with Crippen LogP contribution in [-0.4, -0.2) is 36.2 Å². The number of aromatic hydroxyl groups is 1. The topological polar surface area (TPSA) is 35.5 Å². The van der Waals surface area contributed by atoms with Gasteiger partial charge < -0.3 is 10.4 Å². The summed E-state index contributed by atoms with van der Waals surface area (Å²) < 4.78 is 0. The van der Waals surface area contributed by atoms with Crippen LogP contribution in [0.5, 0.6) is 5.75 Å². The first kappa shape index (κ1) is 16.3. The Morgan fingerprint density at radius 2 is 2.05 bits per heavy atom. The van der Waals surface area contributed by atoms with E-state index in [1.54, 1.807) is 0 Å². The molecule has 0 spiro atoms. The first-order valence-electron chi connectivity index (χ1n) is 8.36. The van der Waals surface area contributed by atoms with Gasteiger partial charge >= 0.3 is 0 Å². The van der Waals surface area contributed by atoms with E-state index >= 15 is 0 Å². The number of piperidine rings is 1. The summed E-state index contributed by atoms with van der Waals surface area (Å²) in [5.74, 6) is 1.21. The van der Waals surface area contributed by atoms with E-state index in [1.807, 2.05) is 12.1 Å². The number of benzene rings is 1. The van der Waals surface area contributed by atoms with E-state index in [-0.39, 0.29) is 6.04 Å². The minimum Gasteiger partial charge on any atom is -0.508 e. The maximum absolute atomic E-state index is 10.2. The average Bonchev–Trinajstić information content (AvgIpc) is 2.49. The Bertz CT molecular complexity index is 441. The van der Waals surface area contributed by atoms with Gasteiger partial charge in [-0.15, -0.1) is 0 Å². The average molecular weight is 290 g/mol. The summed E-state index contributed by atoms with van der Waals surface area (Å²) in [4.78, 5) is 2.55. The van der Waals surface area contributed by atoms with Crippen molar-refractivity contribution < 1.29 is 5.11 Å². The number of nitrogens with one attached hydrogen (secondary N) is 1. The molecule has 3 heteroatoms. The molecule has 1 aliphatic rings. The third-order valence-corrected chi connectivity index (χ3v) is 4.64. The lowest BCUT2D eigenvalue weighted by Crippen LogP contribution is -2.37. The van der Waals surface area contributed by atoms with Gasteiger partial charge in [-0.05, 0) is 64.7 Å². The van der Waals surface area contributed by atoms with Crippen LogP contribution >= 0.6 is 0 Å². The predicted molar refractivity (Wildman–Crippen MR) is 88.7 cm³/mol. The first-order valence-corrected chi connectivity index (χ1v) is 8.36. The van der Waals surface area contributed by atoms with Gasteiger partial charge in [0.1, 0.15) is 5.75 Å². The fourth-order valence-electron chi connectivity index (χ4n) is 3.33. The highest BCUT2D eigenvalue weighted by Gasteiger charge is 2.22. The van der Waals surface area contributed by atoms with E-state index in [0.717, 1.165) is 44.1 Å². The Balaban J connectivity index is 2.10. The Labute approximate surface area is 129 Å². The van der Waals surface area contributed by atoms with Gasteiger partial charge in [-0.1, -0.05) is 24.6 Å². The number of phenolic OH excluding ortho intramolecular Hbond substituents is 1. The summed E-state index contributed by atoms with van der Waals surface area (Å²) in [5, 5.41) is 13.6. The number of hydrogen-bond donors (Lipinski definition) is 2. The minimum atomic E-state index is 0.278. The molecule has 3 nitrogen and oxygen atoms in total. The van der Waals surface area contributed by atoms with E-state index in [0.29, 0.717) is 5.75 Å². The van der Waals surface area contributed by atoms with Gasteiger partial charge in [0.05, 0.1) is 0 Å². The molecule has 0 aromatic heterocycles. The maximum Gasteiger partial charge on any atom is 0.120 e. The minimum absolute atomic E-state index is 0.278. The molecule has 2 rings (SSSR count). The highest BCUT2D eigenvalue weighted by Crippen LogP contribution is 2.30. The van der Waals surface area contributed by atoms with Crippen molar-refractivity contribution in [2.45, 2.75) is 46.1 Å². The van der Waals surface area contributed by atoms with Crippen LogP contribution in [0, 0.1) is 12.8 Å². The van der Waals surface area contributed by atoms with Gasteiger partial charge in [-0.3, -0.25) is 4.90 Å². The van der Waals surface area contributed by atoms with E-state index < -0.39 is 0 Å². The zero-order valence-electron chi connectivity index (χ0n) is 13.7. The highest BCUT2D eigenvalue weighted by molar-refractivity contribution is 5.37. The molecule has 0 bridgehead atoms. The SMILES string of the molecule is CCCN(CC1CCNCC1)C(C)c1cc(C)ccc1O. The molecule has 1 fully saturated rings. The highest BCUT2D eigenvalue weighted by atomic mass is 16.3. The number of rotatable bonds is 6. The Hall–Kier alpha value is -1.06. The summed E-state index contributed by atoms with van der Waals surface area (Å²) in [6, 6.07) is 6.21. The smallest absolute Gasteiger partial charge is 0.120 e. The summed E-state index contributed by atoms with van der Waals surface area (Å²) in [6.45, 7) is 11.1. The van der Waals surface area contributed by atoms with Crippen LogP contribution in [0.1, 0.15) is 50.3 Å². The zero-order chi connectivity index (χ0) is 15.2. The fraction of sp³-hybridized carbons (Fsp3) is 0.667. The van der Waals surface area contributed by atoms with E-state index in [2.05, 4.69) is 37.1 Å². The van der Waals surface area contributed by atoms with Gasteiger partial charge in [0, 0.05) is 18.2 Å². The molecule has 1 aromatic carbocycles. The second-order valence-electron chi connectivity index (χ2n) is 6.43. The van der Waals surface area contributed by atoms with Crippen molar-refractivity contribution in [3.63, 3.8) is 0 Å². The summed E-state index contributed by atoms with van der Waals surface area (Å²) >= 11 is 0. The molecule has 0 radical (unpaired) electrons. The third-order valence-electron chi connectivity index (χ3n) is 4.64. The quantitative estimate of drug-likeness (QED) is 0.842. The van der Waals surface area contributed by atoms with Crippen molar-refractivity contribution in [1.29, 1.82) is 0 Å². The van der Waals surface area contributed by atoms with Crippen LogP contribution in [0.15, 0.2) is 18.2 Å². The van der Waals surface area contributed by atoms with Crippen LogP contribution in [0.4, 0.5) is 0 Å². The molecule has 0 aliphatic carbocycles. The predicted octanol–water partition coefficient (Wildman–Crippen LogP) is 3.47. The van der Waals surface area contributed by atoms with E-state index in [4.69, 9.17) is 0 Å². The van der Waals surface area contributed by atoms with Crippen LogP contribution < -0.4 is 5.32 Å². The summed E-state index contributed by atoms with van der Waals surface area (Å²) in [6.07, 6.45) is 3.70. The van der Waals surface area contributed by atoms with Gasteiger partial charge in [0.25, 0.3) is 0 Å². The monoisotopic (exact) mass is 290 g/mol. The summed E-state index contributed by atoms with van der Waals surface area (Å²) in [5.41, 5.74) is 2.28. The number of nitrogens with zero attached hydrogens (tertiary/aromatic N) is 1. The third kappa shape index (κ3) is 4.45. The molecule has 1 saturated heterocycles. The van der Waals surface area contributed by atoms with Crippen LogP contribution in [0.25, 0.3) is 0 Å². The number of aryl methyl sites for hydroxylation is 1. The molecular formula is C18H30N2O. The number of hydrogen-bond acceptors (Lipinski definition) is 3. The van der Waals surface area contributed by atoms with Crippen molar-refractivity contribution in [1.82, 2.24) is 10.2 Å². The molecule has 0 saturated carbocycles. The van der Waals surface area contributed by atoms with Crippen molar-refractivity contribution in [3.05, 3.63) is 29.3 Å². The van der Waals surface area contributed by atoms with E-state index in [1.165, 1.54) is 18.4 Å². The second-order valence-corrected chi connectivity index (χ2v) is 6.43. The zero-order valence-corrected chi connectivity index (χ0v) is 13.7. The molecule has 118 valence electrons. The molecule has 1 heterocycles. The van der Waals surface area contributed by atoms with Crippen molar-refractivity contribution in [3.8, 4) is 5.75 Å². The van der Waals surface area contributed by atoms with Gasteiger partial charge in [-0.2, -0.15) is 0 Å². The molecule has 0 amide bonds. The largest absolute Gasteiger partial charge is 0.508 e. The maximum atomic E-state index is 10.2. The van der Waals surface area contributed by atoms with E-state index in [9.17, 15) is 5.11 Å². The molecule has 21 heavy (non-hydrogen) atoms. The fourth-order valence-corrected chi connectivity index (χ4v) is 3.33. The Morgan fingerprint density at radius 1 is 1.33 bits per heavy atom. The van der Waals surface area contributed by atoms with Crippen molar-refractivity contribution >= 4 is 0 Å². The molecule has 1 atom stereocenters. The normalized spacial score (nSPS) is 18.1. The first-order chi connectivity index (χ1) is 10.1. The van der Waals surface area contributed by atoms with Crippen molar-refractivity contribution in [2.24, 2.45) is 5.92 Å². The molecule has 1 aromatic rings. The Morgan fingerprint density at radius 3 is 2.71 bits per heavy atom. The van der Waals surface area contributed by atoms with Crippen LogP contribution in [0.2, 0.25) is 0 Å². The van der Waals surface area contributed by atoms with Crippen LogP contribution in [0.3, 0.4) is 0 Å². The van der Waals surface area contributed by atoms with Gasteiger partial charge in [0.2, 0.25) is 0 Å². The second kappa shape index (κ2) is 7.81.